The molecule has 4 nitrogen and oxygen atoms in total. The number of fused-ring (bicyclic) bond motifs is 1. The summed E-state index contributed by atoms with van der Waals surface area (Å²) in [7, 11) is 0. The zero-order valence-electron chi connectivity index (χ0n) is 11.6. The first-order valence-corrected chi connectivity index (χ1v) is 7.77. The van der Waals surface area contributed by atoms with Gasteiger partial charge in [-0.2, -0.15) is 0 Å². The summed E-state index contributed by atoms with van der Waals surface area (Å²) in [5.41, 5.74) is -1.37. The van der Waals surface area contributed by atoms with Crippen molar-refractivity contribution in [1.29, 1.82) is 0 Å². The molecule has 0 saturated carbocycles. The molecule has 3 rings (SSSR count). The number of rotatable bonds is 3. The van der Waals surface area contributed by atoms with Gasteiger partial charge < -0.3 is 10.4 Å². The van der Waals surface area contributed by atoms with Crippen molar-refractivity contribution in [2.45, 2.75) is 12.0 Å². The monoisotopic (exact) mass is 369 g/mol. The van der Waals surface area contributed by atoms with Gasteiger partial charge in [0, 0.05) is 21.2 Å². The summed E-state index contributed by atoms with van der Waals surface area (Å²) < 4.78 is 0. The molecule has 0 unspecified atom stereocenters. The topological polar surface area (TPSA) is 66.4 Å². The minimum Gasteiger partial charge on any atom is -0.375 e. The summed E-state index contributed by atoms with van der Waals surface area (Å²) in [6, 6.07) is 9.16. The number of anilines is 1. The third kappa shape index (κ3) is 2.72. The highest BCUT2D eigenvalue weighted by molar-refractivity contribution is 6.38. The molecule has 2 aromatic rings. The van der Waals surface area contributed by atoms with Crippen molar-refractivity contribution in [2.24, 2.45) is 0 Å². The van der Waals surface area contributed by atoms with Gasteiger partial charge in [0.25, 0.3) is 5.91 Å². The normalized spacial score (nSPS) is 19.4. The van der Waals surface area contributed by atoms with Crippen LogP contribution >= 0.6 is 34.8 Å². The van der Waals surface area contributed by atoms with Crippen molar-refractivity contribution < 1.29 is 14.7 Å². The van der Waals surface area contributed by atoms with Gasteiger partial charge >= 0.3 is 0 Å². The first kappa shape index (κ1) is 16.3. The van der Waals surface area contributed by atoms with Crippen LogP contribution in [0, 0.1) is 0 Å². The van der Waals surface area contributed by atoms with E-state index in [1.54, 1.807) is 12.1 Å². The molecule has 2 aromatic carbocycles. The molecule has 7 heteroatoms. The molecule has 23 heavy (non-hydrogen) atoms. The maximum atomic E-state index is 12.4. The third-order valence-corrected chi connectivity index (χ3v) is 4.60. The molecule has 0 saturated heterocycles. The summed E-state index contributed by atoms with van der Waals surface area (Å²) in [5, 5.41) is 14.2. The predicted molar refractivity (Wildman–Crippen MR) is 89.4 cm³/mol. The van der Waals surface area contributed by atoms with Crippen LogP contribution in [0.25, 0.3) is 0 Å². The van der Waals surface area contributed by atoms with E-state index in [-0.39, 0.29) is 21.3 Å². The van der Waals surface area contributed by atoms with Crippen LogP contribution in [0.4, 0.5) is 5.69 Å². The number of benzene rings is 2. The SMILES string of the molecule is O=C(C[C@@]1(O)C(=O)Nc2c(Cl)ccc(Cl)c21)c1ccc(Cl)cc1. The van der Waals surface area contributed by atoms with Gasteiger partial charge in [-0.15, -0.1) is 0 Å². The number of hydrogen-bond donors (Lipinski definition) is 2. The van der Waals surface area contributed by atoms with Gasteiger partial charge in [0.1, 0.15) is 0 Å². The maximum absolute atomic E-state index is 12.4. The van der Waals surface area contributed by atoms with E-state index < -0.39 is 23.7 Å². The second kappa shape index (κ2) is 5.80. The first-order chi connectivity index (χ1) is 10.8. The van der Waals surface area contributed by atoms with Crippen LogP contribution in [0.3, 0.4) is 0 Å². The molecule has 1 aliphatic rings. The summed E-state index contributed by atoms with van der Waals surface area (Å²) in [4.78, 5) is 24.6. The minimum atomic E-state index is -2.06. The average molecular weight is 371 g/mol. The van der Waals surface area contributed by atoms with Gasteiger partial charge in [-0.1, -0.05) is 34.8 Å². The molecule has 0 bridgehead atoms. The lowest BCUT2D eigenvalue weighted by Gasteiger charge is -2.21. The highest BCUT2D eigenvalue weighted by Crippen LogP contribution is 2.46. The number of ketones is 1. The Hall–Kier alpha value is -1.59. The number of hydrogen-bond acceptors (Lipinski definition) is 3. The van der Waals surface area contributed by atoms with Crippen LogP contribution in [0.5, 0.6) is 0 Å². The molecule has 1 heterocycles. The highest BCUT2D eigenvalue weighted by Gasteiger charge is 2.49. The number of Topliss-reactive ketones (excluding diaryl/α,β-unsaturated/α-hetero) is 1. The molecule has 1 aliphatic heterocycles. The Morgan fingerprint density at radius 1 is 1.04 bits per heavy atom. The first-order valence-electron chi connectivity index (χ1n) is 6.64. The second-order valence-electron chi connectivity index (χ2n) is 5.20. The molecular formula is C16H10Cl3NO3. The van der Waals surface area contributed by atoms with Crippen molar-refractivity contribution in [3.8, 4) is 0 Å². The van der Waals surface area contributed by atoms with Crippen LogP contribution < -0.4 is 5.32 Å². The Balaban J connectivity index is 2.00. The van der Waals surface area contributed by atoms with Gasteiger partial charge in [-0.3, -0.25) is 9.59 Å². The number of carbonyl (C=O) groups is 2. The lowest BCUT2D eigenvalue weighted by molar-refractivity contribution is -0.133. The zero-order valence-corrected chi connectivity index (χ0v) is 13.8. The van der Waals surface area contributed by atoms with E-state index in [1.807, 2.05) is 0 Å². The van der Waals surface area contributed by atoms with Gasteiger partial charge in [0.15, 0.2) is 11.4 Å². The Bertz CT molecular complexity index is 820. The lowest BCUT2D eigenvalue weighted by Crippen LogP contribution is -2.36. The van der Waals surface area contributed by atoms with Crippen molar-refractivity contribution in [3.63, 3.8) is 0 Å². The highest BCUT2D eigenvalue weighted by atomic mass is 35.5. The average Bonchev–Trinajstić information content (AvgIpc) is 2.77. The third-order valence-electron chi connectivity index (χ3n) is 3.71. The predicted octanol–water partition coefficient (Wildman–Crippen LogP) is 4.06. The summed E-state index contributed by atoms with van der Waals surface area (Å²) in [6.45, 7) is 0. The van der Waals surface area contributed by atoms with Crippen LogP contribution in [-0.4, -0.2) is 16.8 Å². The van der Waals surface area contributed by atoms with Crippen molar-refractivity contribution in [3.05, 3.63) is 62.6 Å². The van der Waals surface area contributed by atoms with Gasteiger partial charge in [0.2, 0.25) is 0 Å². The number of carbonyl (C=O) groups excluding carboxylic acids is 2. The molecule has 0 aliphatic carbocycles. The fraction of sp³-hybridized carbons (Fsp3) is 0.125. The summed E-state index contributed by atoms with van der Waals surface area (Å²) >= 11 is 17.9. The lowest BCUT2D eigenvalue weighted by atomic mass is 9.88. The molecule has 2 N–H and O–H groups in total. The number of aliphatic hydroxyl groups is 1. The molecule has 0 fully saturated rings. The van der Waals surface area contributed by atoms with Crippen LogP contribution in [0.1, 0.15) is 22.3 Å². The van der Waals surface area contributed by atoms with E-state index in [0.717, 1.165) is 0 Å². The molecule has 0 spiro atoms. The summed E-state index contributed by atoms with van der Waals surface area (Å²) in [5.74, 6) is -1.15. The largest absolute Gasteiger partial charge is 0.375 e. The van der Waals surface area contributed by atoms with Crippen LogP contribution in [0.15, 0.2) is 36.4 Å². The standard InChI is InChI=1S/C16H10Cl3NO3/c17-9-3-1-8(2-4-9)12(21)7-16(23)13-10(18)5-6-11(19)14(13)20-15(16)22/h1-6,23H,7H2,(H,20,22)/t16-/m0/s1. The summed E-state index contributed by atoms with van der Waals surface area (Å²) in [6.07, 6.45) is -0.451. The smallest absolute Gasteiger partial charge is 0.261 e. The molecule has 1 amide bonds. The minimum absolute atomic E-state index is 0.124. The van der Waals surface area contributed by atoms with Gasteiger partial charge in [-0.25, -0.2) is 0 Å². The second-order valence-corrected chi connectivity index (χ2v) is 6.45. The molecule has 0 radical (unpaired) electrons. The van der Waals surface area contributed by atoms with Crippen molar-refractivity contribution in [1.82, 2.24) is 0 Å². The quantitative estimate of drug-likeness (QED) is 0.801. The van der Waals surface area contributed by atoms with E-state index in [9.17, 15) is 14.7 Å². The molecule has 1 atom stereocenters. The van der Waals surface area contributed by atoms with Crippen LogP contribution in [-0.2, 0) is 10.4 Å². The number of nitrogens with one attached hydrogen (secondary N) is 1. The fourth-order valence-electron chi connectivity index (χ4n) is 2.55. The maximum Gasteiger partial charge on any atom is 0.261 e. The van der Waals surface area contributed by atoms with E-state index in [1.165, 1.54) is 24.3 Å². The van der Waals surface area contributed by atoms with Gasteiger partial charge in [-0.05, 0) is 36.4 Å². The Labute approximate surface area is 147 Å². The van der Waals surface area contributed by atoms with E-state index >= 15 is 0 Å². The van der Waals surface area contributed by atoms with Crippen molar-refractivity contribution >= 4 is 52.2 Å². The Morgan fingerprint density at radius 3 is 2.30 bits per heavy atom. The molecular weight excluding hydrogens is 361 g/mol. The number of halogens is 3. The van der Waals surface area contributed by atoms with Gasteiger partial charge in [0.05, 0.1) is 17.1 Å². The van der Waals surface area contributed by atoms with E-state index in [4.69, 9.17) is 34.8 Å². The number of amides is 1. The van der Waals surface area contributed by atoms with Crippen molar-refractivity contribution in [2.75, 3.05) is 5.32 Å². The van der Waals surface area contributed by atoms with E-state index in [0.29, 0.717) is 10.6 Å². The molecule has 118 valence electrons. The zero-order chi connectivity index (χ0) is 16.8. The van der Waals surface area contributed by atoms with Crippen LogP contribution in [0.2, 0.25) is 15.1 Å². The Kier molecular flexibility index (Phi) is 4.10. The Morgan fingerprint density at radius 2 is 1.65 bits per heavy atom. The molecule has 0 aromatic heterocycles. The fourth-order valence-corrected chi connectivity index (χ4v) is 3.19. The van der Waals surface area contributed by atoms with E-state index in [2.05, 4.69) is 5.32 Å².